The summed E-state index contributed by atoms with van der Waals surface area (Å²) in [6, 6.07) is 6.05. The summed E-state index contributed by atoms with van der Waals surface area (Å²) in [4.78, 5) is 3.73. The van der Waals surface area contributed by atoms with Gasteiger partial charge in [0.2, 0.25) is 0 Å². The summed E-state index contributed by atoms with van der Waals surface area (Å²) in [5, 5.41) is 2.11. The maximum atomic E-state index is 5.37. The van der Waals surface area contributed by atoms with E-state index in [1.54, 1.807) is 17.6 Å². The molecule has 2 heterocycles. The molecule has 0 bridgehead atoms. The summed E-state index contributed by atoms with van der Waals surface area (Å²) >= 11 is 5.35. The van der Waals surface area contributed by atoms with Crippen LogP contribution in [0.4, 0.5) is 0 Å². The van der Waals surface area contributed by atoms with Crippen molar-refractivity contribution in [1.82, 2.24) is 4.90 Å². The highest BCUT2D eigenvalue weighted by Gasteiger charge is 2.09. The quantitative estimate of drug-likeness (QED) is 0.825. The van der Waals surface area contributed by atoms with E-state index in [1.807, 2.05) is 12.1 Å². The van der Waals surface area contributed by atoms with E-state index in [-0.39, 0.29) is 0 Å². The molecule has 86 valence electrons. The molecule has 0 fully saturated rings. The molecule has 0 atom stereocenters. The third-order valence-electron chi connectivity index (χ3n) is 2.47. The lowest BCUT2D eigenvalue weighted by molar-refractivity contribution is 0.249. The first kappa shape index (κ1) is 11.9. The van der Waals surface area contributed by atoms with Crippen molar-refractivity contribution in [3.05, 3.63) is 45.0 Å². The van der Waals surface area contributed by atoms with Crippen molar-refractivity contribution in [2.75, 3.05) is 6.54 Å². The van der Waals surface area contributed by atoms with Gasteiger partial charge >= 0.3 is 0 Å². The molecule has 2 aromatic heterocycles. The zero-order valence-corrected chi connectivity index (χ0v) is 11.6. The maximum absolute atomic E-state index is 5.37. The molecule has 0 spiro atoms. The Labute approximate surface area is 108 Å². The van der Waals surface area contributed by atoms with Crippen molar-refractivity contribution < 1.29 is 4.42 Å². The van der Waals surface area contributed by atoms with E-state index in [0.717, 1.165) is 25.4 Å². The molecule has 0 unspecified atom stereocenters. The summed E-state index contributed by atoms with van der Waals surface area (Å²) in [5.41, 5.74) is 0. The monoisotopic (exact) mass is 299 g/mol. The summed E-state index contributed by atoms with van der Waals surface area (Å²) in [5.74, 6) is 1.02. The highest BCUT2D eigenvalue weighted by Crippen LogP contribution is 2.24. The summed E-state index contributed by atoms with van der Waals surface area (Å²) in [6.45, 7) is 5.03. The molecule has 0 aliphatic carbocycles. The number of halogens is 1. The number of hydrogen-bond acceptors (Lipinski definition) is 3. The van der Waals surface area contributed by atoms with Crippen LogP contribution in [-0.2, 0) is 13.1 Å². The second-order valence-corrected chi connectivity index (χ2v) is 5.43. The van der Waals surface area contributed by atoms with Gasteiger partial charge in [0.05, 0.1) is 12.8 Å². The highest BCUT2D eigenvalue weighted by atomic mass is 79.9. The van der Waals surface area contributed by atoms with Gasteiger partial charge in [0.1, 0.15) is 5.76 Å². The normalized spacial score (nSPS) is 11.2. The van der Waals surface area contributed by atoms with Crippen LogP contribution in [0.25, 0.3) is 0 Å². The van der Waals surface area contributed by atoms with Crippen LogP contribution in [-0.4, -0.2) is 11.4 Å². The molecular formula is C12H14BrNOS. The van der Waals surface area contributed by atoms with Gasteiger partial charge < -0.3 is 4.42 Å². The van der Waals surface area contributed by atoms with Gasteiger partial charge in [-0.05, 0) is 46.1 Å². The van der Waals surface area contributed by atoms with Crippen molar-refractivity contribution in [2.45, 2.75) is 20.0 Å². The number of thiophene rings is 1. The topological polar surface area (TPSA) is 16.4 Å². The van der Waals surface area contributed by atoms with E-state index in [9.17, 15) is 0 Å². The Hall–Kier alpha value is -0.580. The summed E-state index contributed by atoms with van der Waals surface area (Å²) in [6.07, 6.45) is 1.73. The Bertz CT molecular complexity index is 424. The standard InChI is InChI=1S/C12H14BrNOS/c1-2-14(8-10-4-3-6-15-10)9-12-11(13)5-7-16-12/h3-7H,2,8-9H2,1H3. The van der Waals surface area contributed by atoms with Crippen LogP contribution in [0.1, 0.15) is 17.6 Å². The minimum absolute atomic E-state index is 0.869. The molecule has 0 aromatic carbocycles. The molecule has 0 aliphatic rings. The minimum Gasteiger partial charge on any atom is -0.468 e. The van der Waals surface area contributed by atoms with Gasteiger partial charge in [-0.2, -0.15) is 0 Å². The van der Waals surface area contributed by atoms with Crippen LogP contribution in [0, 0.1) is 0 Å². The molecule has 16 heavy (non-hydrogen) atoms. The van der Waals surface area contributed by atoms with E-state index < -0.39 is 0 Å². The Balaban J connectivity index is 1.98. The zero-order chi connectivity index (χ0) is 11.4. The highest BCUT2D eigenvalue weighted by molar-refractivity contribution is 9.10. The van der Waals surface area contributed by atoms with Gasteiger partial charge in [0, 0.05) is 15.9 Å². The first-order chi connectivity index (χ1) is 7.79. The van der Waals surface area contributed by atoms with Gasteiger partial charge in [-0.15, -0.1) is 11.3 Å². The third-order valence-corrected chi connectivity index (χ3v) is 4.38. The van der Waals surface area contributed by atoms with E-state index in [0.29, 0.717) is 0 Å². The van der Waals surface area contributed by atoms with Gasteiger partial charge in [0.15, 0.2) is 0 Å². The van der Waals surface area contributed by atoms with E-state index in [4.69, 9.17) is 4.42 Å². The Kier molecular flexibility index (Phi) is 4.21. The molecular weight excluding hydrogens is 286 g/mol. The predicted molar refractivity (Wildman–Crippen MR) is 70.5 cm³/mol. The van der Waals surface area contributed by atoms with Crippen LogP contribution in [0.5, 0.6) is 0 Å². The lowest BCUT2D eigenvalue weighted by Crippen LogP contribution is -2.21. The molecule has 0 N–H and O–H groups in total. The molecule has 0 amide bonds. The van der Waals surface area contributed by atoms with Crippen molar-refractivity contribution in [3.63, 3.8) is 0 Å². The fraction of sp³-hybridized carbons (Fsp3) is 0.333. The predicted octanol–water partition coefficient (Wildman–Crippen LogP) is 4.13. The van der Waals surface area contributed by atoms with Crippen LogP contribution >= 0.6 is 27.3 Å². The zero-order valence-electron chi connectivity index (χ0n) is 9.15. The van der Waals surface area contributed by atoms with E-state index >= 15 is 0 Å². The smallest absolute Gasteiger partial charge is 0.117 e. The first-order valence-electron chi connectivity index (χ1n) is 5.26. The summed E-state index contributed by atoms with van der Waals surface area (Å²) in [7, 11) is 0. The van der Waals surface area contributed by atoms with Gasteiger partial charge in [-0.1, -0.05) is 6.92 Å². The minimum atomic E-state index is 0.869. The number of furan rings is 1. The molecule has 2 rings (SSSR count). The molecule has 4 heteroatoms. The molecule has 0 saturated carbocycles. The van der Waals surface area contributed by atoms with Crippen LogP contribution < -0.4 is 0 Å². The Morgan fingerprint density at radius 3 is 2.81 bits per heavy atom. The van der Waals surface area contributed by atoms with Crippen molar-refractivity contribution in [1.29, 1.82) is 0 Å². The summed E-state index contributed by atoms with van der Waals surface area (Å²) < 4.78 is 6.57. The van der Waals surface area contributed by atoms with E-state index in [1.165, 1.54) is 9.35 Å². The lowest BCUT2D eigenvalue weighted by Gasteiger charge is -2.18. The molecule has 0 aliphatic heterocycles. The van der Waals surface area contributed by atoms with E-state index in [2.05, 4.69) is 39.2 Å². The number of rotatable bonds is 5. The van der Waals surface area contributed by atoms with Crippen molar-refractivity contribution in [2.24, 2.45) is 0 Å². The lowest BCUT2D eigenvalue weighted by atomic mass is 10.3. The van der Waals surface area contributed by atoms with Crippen molar-refractivity contribution >= 4 is 27.3 Å². The molecule has 2 nitrogen and oxygen atoms in total. The van der Waals surface area contributed by atoms with Gasteiger partial charge in [-0.25, -0.2) is 0 Å². The fourth-order valence-electron chi connectivity index (χ4n) is 1.54. The average Bonchev–Trinajstić information content (AvgIpc) is 2.90. The maximum Gasteiger partial charge on any atom is 0.117 e. The average molecular weight is 300 g/mol. The van der Waals surface area contributed by atoms with Gasteiger partial charge in [0.25, 0.3) is 0 Å². The van der Waals surface area contributed by atoms with Crippen molar-refractivity contribution in [3.8, 4) is 0 Å². The Morgan fingerprint density at radius 2 is 2.25 bits per heavy atom. The molecule has 0 saturated heterocycles. The third kappa shape index (κ3) is 2.97. The van der Waals surface area contributed by atoms with Crippen LogP contribution in [0.3, 0.4) is 0 Å². The second kappa shape index (κ2) is 5.66. The molecule has 2 aromatic rings. The second-order valence-electron chi connectivity index (χ2n) is 3.57. The number of hydrogen-bond donors (Lipinski definition) is 0. The Morgan fingerprint density at radius 1 is 1.38 bits per heavy atom. The first-order valence-corrected chi connectivity index (χ1v) is 6.93. The van der Waals surface area contributed by atoms with Gasteiger partial charge in [-0.3, -0.25) is 4.90 Å². The van der Waals surface area contributed by atoms with Crippen LogP contribution in [0.2, 0.25) is 0 Å². The largest absolute Gasteiger partial charge is 0.468 e. The SMILES string of the molecule is CCN(Cc1ccco1)Cc1sccc1Br. The fourth-order valence-corrected chi connectivity index (χ4v) is 3.06. The number of nitrogens with zero attached hydrogens (tertiary/aromatic N) is 1. The molecule has 0 radical (unpaired) electrons. The van der Waals surface area contributed by atoms with Crippen LogP contribution in [0.15, 0.2) is 38.7 Å².